The van der Waals surface area contributed by atoms with E-state index in [4.69, 9.17) is 27.3 Å². The van der Waals surface area contributed by atoms with Crippen molar-refractivity contribution in [2.24, 2.45) is 5.73 Å². The standard InChI is InChI=1S/C24H27ClN4.2ClH/c1-2-16-5-13-22-21(15-16)24(27-20-11-9-19(26)10-12-20)29-23(28-22)14-6-17-3-7-18(25)8-4-17;;/h3-8,13-15,19-20H,2,9-12,26H2,1H3,(H,27,28,29);2*1H/t19-,20+;;. The van der Waals surface area contributed by atoms with Gasteiger partial charge in [0.05, 0.1) is 5.52 Å². The first kappa shape index (κ1) is 25.4. The molecule has 1 aromatic heterocycles. The van der Waals surface area contributed by atoms with Gasteiger partial charge in [-0.1, -0.05) is 42.8 Å². The van der Waals surface area contributed by atoms with Crippen LogP contribution in [0.3, 0.4) is 0 Å². The summed E-state index contributed by atoms with van der Waals surface area (Å²) in [6.07, 6.45) is 9.24. The molecule has 166 valence electrons. The fraction of sp³-hybridized carbons (Fsp3) is 0.333. The molecule has 0 saturated heterocycles. The predicted molar refractivity (Wildman–Crippen MR) is 138 cm³/mol. The molecule has 0 amide bonds. The summed E-state index contributed by atoms with van der Waals surface area (Å²) in [6, 6.07) is 14.9. The summed E-state index contributed by atoms with van der Waals surface area (Å²) in [4.78, 5) is 9.62. The van der Waals surface area contributed by atoms with Crippen LogP contribution in [-0.4, -0.2) is 22.1 Å². The first-order valence-electron chi connectivity index (χ1n) is 10.4. The molecule has 0 radical (unpaired) electrons. The van der Waals surface area contributed by atoms with Gasteiger partial charge < -0.3 is 11.1 Å². The van der Waals surface area contributed by atoms with Crippen molar-refractivity contribution in [1.82, 2.24) is 9.97 Å². The Morgan fingerprint density at radius 2 is 1.71 bits per heavy atom. The molecule has 0 spiro atoms. The molecular weight excluding hydrogens is 451 g/mol. The van der Waals surface area contributed by atoms with E-state index in [1.807, 2.05) is 36.4 Å². The minimum Gasteiger partial charge on any atom is -0.367 e. The minimum atomic E-state index is 0. The van der Waals surface area contributed by atoms with E-state index in [9.17, 15) is 0 Å². The third kappa shape index (κ3) is 6.56. The number of nitrogens with one attached hydrogen (secondary N) is 1. The summed E-state index contributed by atoms with van der Waals surface area (Å²) in [5.74, 6) is 1.62. The number of rotatable bonds is 5. The fourth-order valence-electron chi connectivity index (χ4n) is 3.80. The number of fused-ring (bicyclic) bond motifs is 1. The molecule has 1 aliphatic carbocycles. The normalized spacial score (nSPS) is 18.4. The lowest BCUT2D eigenvalue weighted by Gasteiger charge is -2.27. The summed E-state index contributed by atoms with van der Waals surface area (Å²) in [5, 5.41) is 5.50. The lowest BCUT2D eigenvalue weighted by atomic mass is 9.92. The fourth-order valence-corrected chi connectivity index (χ4v) is 3.93. The Hall–Kier alpha value is -1.85. The summed E-state index contributed by atoms with van der Waals surface area (Å²) in [7, 11) is 0. The number of nitrogens with two attached hydrogens (primary N) is 1. The monoisotopic (exact) mass is 478 g/mol. The van der Waals surface area contributed by atoms with Gasteiger partial charge in [0, 0.05) is 22.5 Å². The van der Waals surface area contributed by atoms with Crippen LogP contribution in [0.1, 0.15) is 49.6 Å². The number of hydrogen-bond acceptors (Lipinski definition) is 4. The molecule has 1 saturated carbocycles. The quantitative estimate of drug-likeness (QED) is 0.436. The zero-order valence-electron chi connectivity index (χ0n) is 17.6. The number of aryl methyl sites for hydroxylation is 1. The molecule has 0 unspecified atom stereocenters. The van der Waals surface area contributed by atoms with Gasteiger partial charge in [0.1, 0.15) is 5.82 Å². The average molecular weight is 480 g/mol. The minimum absolute atomic E-state index is 0. The second kappa shape index (κ2) is 11.7. The average Bonchev–Trinajstić information content (AvgIpc) is 2.74. The van der Waals surface area contributed by atoms with E-state index in [1.54, 1.807) is 0 Å². The van der Waals surface area contributed by atoms with Crippen LogP contribution in [0.2, 0.25) is 5.02 Å². The second-order valence-electron chi connectivity index (χ2n) is 7.78. The van der Waals surface area contributed by atoms with Crippen molar-refractivity contribution < 1.29 is 0 Å². The predicted octanol–water partition coefficient (Wildman–Crippen LogP) is 6.54. The Morgan fingerprint density at radius 3 is 2.39 bits per heavy atom. The Bertz CT molecular complexity index is 1010. The molecule has 2 aromatic carbocycles. The highest BCUT2D eigenvalue weighted by Crippen LogP contribution is 2.27. The smallest absolute Gasteiger partial charge is 0.154 e. The van der Waals surface area contributed by atoms with E-state index in [-0.39, 0.29) is 24.8 Å². The van der Waals surface area contributed by atoms with Crippen molar-refractivity contribution in [3.05, 3.63) is 64.4 Å². The number of benzene rings is 2. The molecule has 0 atom stereocenters. The van der Waals surface area contributed by atoms with Crippen molar-refractivity contribution >= 4 is 65.3 Å². The third-order valence-corrected chi connectivity index (χ3v) is 5.85. The van der Waals surface area contributed by atoms with Gasteiger partial charge in [-0.15, -0.1) is 24.8 Å². The van der Waals surface area contributed by atoms with Crippen LogP contribution in [0.4, 0.5) is 5.82 Å². The Balaban J connectivity index is 0.00000171. The first-order chi connectivity index (χ1) is 14.1. The highest BCUT2D eigenvalue weighted by molar-refractivity contribution is 6.30. The third-order valence-electron chi connectivity index (χ3n) is 5.59. The molecule has 4 rings (SSSR count). The number of hydrogen-bond donors (Lipinski definition) is 2. The summed E-state index contributed by atoms with van der Waals surface area (Å²) < 4.78 is 0. The zero-order chi connectivity index (χ0) is 20.2. The van der Waals surface area contributed by atoms with Crippen molar-refractivity contribution in [1.29, 1.82) is 0 Å². The molecule has 3 N–H and O–H groups in total. The summed E-state index contributed by atoms with van der Waals surface area (Å²) in [5.41, 5.74) is 9.39. The van der Waals surface area contributed by atoms with Crippen LogP contribution >= 0.6 is 36.4 Å². The first-order valence-corrected chi connectivity index (χ1v) is 10.7. The van der Waals surface area contributed by atoms with Gasteiger partial charge in [-0.25, -0.2) is 9.97 Å². The highest BCUT2D eigenvalue weighted by Gasteiger charge is 2.20. The van der Waals surface area contributed by atoms with Crippen molar-refractivity contribution in [3.63, 3.8) is 0 Å². The number of halogens is 3. The van der Waals surface area contributed by atoms with Gasteiger partial charge in [0.15, 0.2) is 5.82 Å². The van der Waals surface area contributed by atoms with Gasteiger partial charge in [-0.05, 0) is 73.6 Å². The van der Waals surface area contributed by atoms with E-state index in [2.05, 4.69) is 30.4 Å². The zero-order valence-corrected chi connectivity index (χ0v) is 19.9. The lowest BCUT2D eigenvalue weighted by molar-refractivity contribution is 0.410. The van der Waals surface area contributed by atoms with Crippen LogP contribution in [0.15, 0.2) is 42.5 Å². The van der Waals surface area contributed by atoms with E-state index < -0.39 is 0 Å². The van der Waals surface area contributed by atoms with Crippen LogP contribution in [0.25, 0.3) is 23.1 Å². The van der Waals surface area contributed by atoms with Gasteiger partial charge in [-0.2, -0.15) is 0 Å². The van der Waals surface area contributed by atoms with Gasteiger partial charge in [-0.3, -0.25) is 0 Å². The molecular formula is C24H29Cl3N4. The van der Waals surface area contributed by atoms with E-state index in [0.717, 1.165) is 59.4 Å². The van der Waals surface area contributed by atoms with Crippen LogP contribution in [0.5, 0.6) is 0 Å². The van der Waals surface area contributed by atoms with Crippen LogP contribution < -0.4 is 11.1 Å². The second-order valence-corrected chi connectivity index (χ2v) is 8.21. The van der Waals surface area contributed by atoms with Crippen molar-refractivity contribution in [3.8, 4) is 0 Å². The molecule has 1 aliphatic rings. The number of nitrogens with zero attached hydrogens (tertiary/aromatic N) is 2. The van der Waals surface area contributed by atoms with E-state index in [0.29, 0.717) is 17.9 Å². The molecule has 31 heavy (non-hydrogen) atoms. The van der Waals surface area contributed by atoms with Gasteiger partial charge >= 0.3 is 0 Å². The molecule has 1 fully saturated rings. The molecule has 4 nitrogen and oxygen atoms in total. The molecule has 7 heteroatoms. The SMILES string of the molecule is CCc1ccc2nc(C=Cc3ccc(Cl)cc3)nc(N[C@H]3CC[C@@H](N)CC3)c2c1.Cl.Cl. The maximum absolute atomic E-state index is 6.08. The molecule has 3 aromatic rings. The number of aromatic nitrogens is 2. The summed E-state index contributed by atoms with van der Waals surface area (Å²) >= 11 is 5.98. The Morgan fingerprint density at radius 1 is 1.00 bits per heavy atom. The van der Waals surface area contributed by atoms with Gasteiger partial charge in [0.25, 0.3) is 0 Å². The molecule has 1 heterocycles. The lowest BCUT2D eigenvalue weighted by Crippen LogP contribution is -2.33. The van der Waals surface area contributed by atoms with E-state index >= 15 is 0 Å². The van der Waals surface area contributed by atoms with Crippen molar-refractivity contribution in [2.75, 3.05) is 5.32 Å². The topological polar surface area (TPSA) is 63.8 Å². The summed E-state index contributed by atoms with van der Waals surface area (Å²) in [6.45, 7) is 2.17. The Labute approximate surface area is 201 Å². The van der Waals surface area contributed by atoms with Crippen LogP contribution in [0, 0.1) is 0 Å². The maximum Gasteiger partial charge on any atom is 0.154 e. The Kier molecular flexibility index (Phi) is 9.57. The number of anilines is 1. The molecule has 0 aliphatic heterocycles. The molecule has 0 bridgehead atoms. The highest BCUT2D eigenvalue weighted by atomic mass is 35.5. The van der Waals surface area contributed by atoms with Crippen molar-refractivity contribution in [2.45, 2.75) is 51.1 Å². The van der Waals surface area contributed by atoms with E-state index in [1.165, 1.54) is 5.56 Å². The van der Waals surface area contributed by atoms with Gasteiger partial charge in [0.2, 0.25) is 0 Å². The largest absolute Gasteiger partial charge is 0.367 e. The maximum atomic E-state index is 6.08. The van der Waals surface area contributed by atoms with Crippen LogP contribution in [-0.2, 0) is 6.42 Å².